The van der Waals surface area contributed by atoms with E-state index in [1.165, 1.54) is 45.2 Å². The zero-order valence-corrected chi connectivity index (χ0v) is 15.7. The maximum Gasteiger partial charge on any atom is 0.290 e. The summed E-state index contributed by atoms with van der Waals surface area (Å²) in [4.78, 5) is 15.7. The monoisotopic (exact) mass is 375 g/mol. The smallest absolute Gasteiger partial charge is 0.290 e. The summed E-state index contributed by atoms with van der Waals surface area (Å²) in [5, 5.41) is 7.67. The fourth-order valence-electron chi connectivity index (χ4n) is 4.39. The number of carboxylic acid groups (broad SMARTS) is 1. The molecule has 2 aliphatic heterocycles. The van der Waals surface area contributed by atoms with E-state index < -0.39 is 0 Å². The van der Waals surface area contributed by atoms with Crippen LogP contribution in [0.15, 0.2) is 36.7 Å². The number of hydrogen-bond donors (Lipinski definition) is 1. The molecule has 0 radical (unpaired) electrons. The van der Waals surface area contributed by atoms with Gasteiger partial charge in [0.1, 0.15) is 5.82 Å². The molecule has 0 spiro atoms. The molecule has 0 saturated carbocycles. The van der Waals surface area contributed by atoms with Gasteiger partial charge in [-0.1, -0.05) is 30.2 Å². The van der Waals surface area contributed by atoms with E-state index >= 15 is 0 Å². The lowest BCUT2D eigenvalue weighted by molar-refractivity contribution is -0.122. The number of halogens is 1. The van der Waals surface area contributed by atoms with Crippen LogP contribution in [0.5, 0.6) is 0 Å². The summed E-state index contributed by atoms with van der Waals surface area (Å²) >= 11 is 6.38. The summed E-state index contributed by atoms with van der Waals surface area (Å²) in [6.07, 6.45) is 10.8. The summed E-state index contributed by atoms with van der Waals surface area (Å²) in [6.45, 7) is 3.40. The van der Waals surface area contributed by atoms with Crippen LogP contribution in [0.4, 0.5) is 0 Å². The largest absolute Gasteiger partial charge is 0.483 e. The van der Waals surface area contributed by atoms with Gasteiger partial charge in [-0.15, -0.1) is 0 Å². The Bertz CT molecular complexity index is 717. The number of benzene rings is 1. The zero-order chi connectivity index (χ0) is 18.4. The van der Waals surface area contributed by atoms with E-state index in [4.69, 9.17) is 21.5 Å². The third-order valence-electron chi connectivity index (χ3n) is 5.49. The van der Waals surface area contributed by atoms with Gasteiger partial charge in [-0.3, -0.25) is 4.79 Å². The Balaban J connectivity index is 0.000000613. The normalized spacial score (nSPS) is 22.8. The lowest BCUT2D eigenvalue weighted by Gasteiger charge is -2.44. The lowest BCUT2D eigenvalue weighted by Crippen LogP contribution is -2.49. The number of nitrogens with zero attached hydrogens (tertiary/aromatic N) is 3. The van der Waals surface area contributed by atoms with Crippen molar-refractivity contribution in [2.75, 3.05) is 13.1 Å². The second-order valence-electron chi connectivity index (χ2n) is 6.99. The van der Waals surface area contributed by atoms with Crippen LogP contribution < -0.4 is 0 Å². The molecule has 0 unspecified atom stereocenters. The standard InChI is InChI=1S/C19H24ClN3.CH2O2/c20-17-8-2-1-7-16(17)19-21-10-13-23(19)14-15-6-5-12-22-11-4-3-9-18(15)22;2-1-3/h1-2,7-8,10,13,15,18H,3-6,9,11-12,14H2;1H,(H,2,3)/t15-,18+;/m0./s1. The third kappa shape index (κ3) is 4.27. The molecule has 2 saturated heterocycles. The number of imidazole rings is 1. The summed E-state index contributed by atoms with van der Waals surface area (Å²) in [6, 6.07) is 8.78. The SMILES string of the molecule is Clc1ccccc1-c1nccn1C[C@@H]1CCCN2CCCC[C@H]12.O=CO. The molecule has 5 nitrogen and oxygen atoms in total. The van der Waals surface area contributed by atoms with Crippen molar-refractivity contribution in [1.29, 1.82) is 0 Å². The van der Waals surface area contributed by atoms with E-state index in [-0.39, 0.29) is 6.47 Å². The van der Waals surface area contributed by atoms with Gasteiger partial charge in [-0.05, 0) is 56.8 Å². The Morgan fingerprint density at radius 3 is 2.77 bits per heavy atom. The van der Waals surface area contributed by atoms with Crippen molar-refractivity contribution >= 4 is 18.1 Å². The second-order valence-corrected chi connectivity index (χ2v) is 7.40. The van der Waals surface area contributed by atoms with Crippen molar-refractivity contribution in [2.24, 2.45) is 5.92 Å². The third-order valence-corrected chi connectivity index (χ3v) is 5.82. The quantitative estimate of drug-likeness (QED) is 0.818. The molecular weight excluding hydrogens is 350 g/mol. The molecule has 26 heavy (non-hydrogen) atoms. The molecular formula is C20H26ClN3O2. The molecule has 0 aliphatic carbocycles. The maximum atomic E-state index is 8.36. The van der Waals surface area contributed by atoms with Gasteiger partial charge >= 0.3 is 0 Å². The molecule has 1 aromatic carbocycles. The first kappa shape index (κ1) is 18.9. The van der Waals surface area contributed by atoms with Crippen molar-refractivity contribution in [1.82, 2.24) is 14.5 Å². The first-order valence-electron chi connectivity index (χ1n) is 9.32. The van der Waals surface area contributed by atoms with E-state index in [9.17, 15) is 0 Å². The van der Waals surface area contributed by atoms with Crippen LogP contribution >= 0.6 is 11.6 Å². The van der Waals surface area contributed by atoms with Gasteiger partial charge in [-0.25, -0.2) is 4.98 Å². The fraction of sp³-hybridized carbons (Fsp3) is 0.500. The van der Waals surface area contributed by atoms with Gasteiger partial charge in [0.25, 0.3) is 6.47 Å². The van der Waals surface area contributed by atoms with Crippen molar-refractivity contribution in [2.45, 2.75) is 44.7 Å². The van der Waals surface area contributed by atoms with Gasteiger partial charge in [0, 0.05) is 30.5 Å². The van der Waals surface area contributed by atoms with Gasteiger partial charge in [0.2, 0.25) is 0 Å². The topological polar surface area (TPSA) is 58.4 Å². The summed E-state index contributed by atoms with van der Waals surface area (Å²) in [5.41, 5.74) is 1.04. The maximum absolute atomic E-state index is 8.36. The number of carbonyl (C=O) groups is 1. The molecule has 1 N–H and O–H groups in total. The van der Waals surface area contributed by atoms with E-state index in [1.54, 1.807) is 0 Å². The van der Waals surface area contributed by atoms with Crippen molar-refractivity contribution in [3.05, 3.63) is 41.7 Å². The molecule has 6 heteroatoms. The number of aromatic nitrogens is 2. The highest BCUT2D eigenvalue weighted by Crippen LogP contribution is 2.33. The van der Waals surface area contributed by atoms with Crippen molar-refractivity contribution in [3.63, 3.8) is 0 Å². The highest BCUT2D eigenvalue weighted by Gasteiger charge is 2.33. The van der Waals surface area contributed by atoms with E-state index in [0.717, 1.165) is 34.9 Å². The van der Waals surface area contributed by atoms with Crippen molar-refractivity contribution in [3.8, 4) is 11.4 Å². The van der Waals surface area contributed by atoms with Gasteiger partial charge in [0.15, 0.2) is 0 Å². The van der Waals surface area contributed by atoms with Crippen LogP contribution in [-0.4, -0.2) is 45.2 Å². The van der Waals surface area contributed by atoms with Gasteiger partial charge in [-0.2, -0.15) is 0 Å². The number of rotatable bonds is 3. The second kappa shape index (κ2) is 9.19. The van der Waals surface area contributed by atoms with Crippen molar-refractivity contribution < 1.29 is 9.90 Å². The van der Waals surface area contributed by atoms with E-state index in [2.05, 4.69) is 26.7 Å². The van der Waals surface area contributed by atoms with Crippen LogP contribution in [0, 0.1) is 5.92 Å². The predicted octanol–water partition coefficient (Wildman–Crippen LogP) is 4.17. The summed E-state index contributed by atoms with van der Waals surface area (Å²) in [5.74, 6) is 1.74. The average Bonchev–Trinajstić information content (AvgIpc) is 3.11. The Labute approximate surface area is 159 Å². The highest BCUT2D eigenvalue weighted by molar-refractivity contribution is 6.33. The van der Waals surface area contributed by atoms with Gasteiger partial charge < -0.3 is 14.6 Å². The van der Waals surface area contributed by atoms with Crippen LogP contribution in [0.2, 0.25) is 5.02 Å². The minimum atomic E-state index is -0.250. The Morgan fingerprint density at radius 2 is 1.96 bits per heavy atom. The molecule has 0 amide bonds. The molecule has 2 aromatic rings. The lowest BCUT2D eigenvalue weighted by atomic mass is 9.83. The zero-order valence-electron chi connectivity index (χ0n) is 14.9. The minimum Gasteiger partial charge on any atom is -0.483 e. The van der Waals surface area contributed by atoms with Gasteiger partial charge in [0.05, 0.1) is 5.02 Å². The Hall–Kier alpha value is -1.85. The molecule has 140 valence electrons. The molecule has 2 aliphatic rings. The van der Waals surface area contributed by atoms with E-state index in [0.29, 0.717) is 0 Å². The first-order chi connectivity index (χ1) is 12.7. The molecule has 0 bridgehead atoms. The van der Waals surface area contributed by atoms with Crippen LogP contribution in [-0.2, 0) is 11.3 Å². The number of hydrogen-bond acceptors (Lipinski definition) is 3. The van der Waals surface area contributed by atoms with Crippen LogP contribution in [0.3, 0.4) is 0 Å². The predicted molar refractivity (Wildman–Crippen MR) is 103 cm³/mol. The Morgan fingerprint density at radius 1 is 1.19 bits per heavy atom. The Kier molecular flexibility index (Phi) is 6.69. The average molecular weight is 376 g/mol. The molecule has 4 rings (SSSR count). The summed E-state index contributed by atoms with van der Waals surface area (Å²) in [7, 11) is 0. The molecule has 2 fully saturated rings. The minimum absolute atomic E-state index is 0.250. The summed E-state index contributed by atoms with van der Waals surface area (Å²) < 4.78 is 2.31. The molecule has 3 heterocycles. The highest BCUT2D eigenvalue weighted by atomic mass is 35.5. The molecule has 2 atom stereocenters. The first-order valence-corrected chi connectivity index (χ1v) is 9.70. The van der Waals surface area contributed by atoms with Crippen LogP contribution in [0.25, 0.3) is 11.4 Å². The number of fused-ring (bicyclic) bond motifs is 1. The van der Waals surface area contributed by atoms with E-state index in [1.807, 2.05) is 24.4 Å². The van der Waals surface area contributed by atoms with Crippen LogP contribution in [0.1, 0.15) is 32.1 Å². The fourth-order valence-corrected chi connectivity index (χ4v) is 4.61. The number of piperidine rings is 2. The molecule has 1 aromatic heterocycles.